The van der Waals surface area contributed by atoms with Crippen LogP contribution in [0.3, 0.4) is 0 Å². The number of phenols is 1. The first kappa shape index (κ1) is 16.3. The van der Waals surface area contributed by atoms with Crippen molar-refractivity contribution >= 4 is 8.60 Å². The fraction of sp³-hybridized carbons (Fsp3) is 0.500. The van der Waals surface area contributed by atoms with E-state index in [0.29, 0.717) is 5.75 Å². The molecule has 0 fully saturated rings. The van der Waals surface area contributed by atoms with Crippen LogP contribution in [0.1, 0.15) is 30.9 Å². The van der Waals surface area contributed by atoms with Crippen molar-refractivity contribution in [2.24, 2.45) is 0 Å². The zero-order valence-corrected chi connectivity index (χ0v) is 11.4. The standard InChI is InChI=1S/C11H16O.CH5O3P/c1-3-4-5-10-6-7-11(12)9(2)8-10;1-4-5(2)3/h6-8,12H,3-5H2,1-2H3;2-3H,1H3. The van der Waals surface area contributed by atoms with Crippen molar-refractivity contribution in [2.45, 2.75) is 33.1 Å². The molecule has 1 aromatic rings. The lowest BCUT2D eigenvalue weighted by atomic mass is 10.1. The van der Waals surface area contributed by atoms with Gasteiger partial charge in [-0.1, -0.05) is 25.5 Å². The molecule has 0 amide bonds. The summed E-state index contributed by atoms with van der Waals surface area (Å²) in [7, 11) is -0.870. The Labute approximate surface area is 104 Å². The Hall–Kier alpha value is -0.670. The molecule has 0 unspecified atom stereocenters. The average molecular weight is 260 g/mol. The highest BCUT2D eigenvalue weighted by Crippen LogP contribution is 2.21. The van der Waals surface area contributed by atoms with Crippen molar-refractivity contribution in [2.75, 3.05) is 7.11 Å². The van der Waals surface area contributed by atoms with Gasteiger partial charge in [-0.3, -0.25) is 0 Å². The Morgan fingerprint density at radius 1 is 1.29 bits per heavy atom. The largest absolute Gasteiger partial charge is 0.508 e. The predicted octanol–water partition coefficient (Wildman–Crippen LogP) is 2.89. The van der Waals surface area contributed by atoms with Gasteiger partial charge in [0.05, 0.1) is 0 Å². The van der Waals surface area contributed by atoms with E-state index in [1.54, 1.807) is 6.07 Å². The minimum Gasteiger partial charge on any atom is -0.508 e. The fourth-order valence-corrected chi connectivity index (χ4v) is 1.25. The Kier molecular flexibility index (Phi) is 9.00. The first-order valence-electron chi connectivity index (χ1n) is 5.51. The summed E-state index contributed by atoms with van der Waals surface area (Å²) in [6.45, 7) is 4.12. The summed E-state index contributed by atoms with van der Waals surface area (Å²) in [5, 5.41) is 9.27. The minimum absolute atomic E-state index is 0.398. The summed E-state index contributed by atoms with van der Waals surface area (Å²) in [4.78, 5) is 15.5. The first-order valence-corrected chi connectivity index (χ1v) is 6.68. The summed E-state index contributed by atoms with van der Waals surface area (Å²) in [6, 6.07) is 5.84. The van der Waals surface area contributed by atoms with Gasteiger partial charge in [-0.25, -0.2) is 0 Å². The number of rotatable bonds is 4. The molecule has 4 nitrogen and oxygen atoms in total. The van der Waals surface area contributed by atoms with Crippen molar-refractivity contribution in [3.63, 3.8) is 0 Å². The summed E-state index contributed by atoms with van der Waals surface area (Å²) in [5.41, 5.74) is 2.30. The van der Waals surface area contributed by atoms with Crippen LogP contribution in [-0.4, -0.2) is 22.0 Å². The second kappa shape index (κ2) is 9.37. The van der Waals surface area contributed by atoms with Gasteiger partial charge in [0.1, 0.15) is 5.75 Å². The molecule has 0 aliphatic rings. The predicted molar refractivity (Wildman–Crippen MR) is 69.8 cm³/mol. The summed E-state index contributed by atoms with van der Waals surface area (Å²) in [6.07, 6.45) is 3.57. The first-order chi connectivity index (χ1) is 8.01. The number of aromatic hydroxyl groups is 1. The van der Waals surface area contributed by atoms with Gasteiger partial charge in [0.25, 0.3) is 0 Å². The van der Waals surface area contributed by atoms with Crippen LogP contribution in [0, 0.1) is 6.92 Å². The average Bonchev–Trinajstić information content (AvgIpc) is 2.31. The van der Waals surface area contributed by atoms with E-state index in [1.165, 1.54) is 25.5 Å². The summed E-state index contributed by atoms with van der Waals surface area (Å²) in [5.74, 6) is 0.398. The third-order valence-corrected chi connectivity index (χ3v) is 2.57. The number of phenolic OH excluding ortho intramolecular Hbond substituents is 1. The van der Waals surface area contributed by atoms with E-state index in [4.69, 9.17) is 9.79 Å². The second-order valence-corrected chi connectivity index (χ2v) is 4.53. The monoisotopic (exact) mass is 260 g/mol. The number of hydrogen-bond acceptors (Lipinski definition) is 4. The quantitative estimate of drug-likeness (QED) is 0.728. The third-order valence-electron chi connectivity index (χ3n) is 2.24. The smallest absolute Gasteiger partial charge is 0.326 e. The highest BCUT2D eigenvalue weighted by molar-refractivity contribution is 7.39. The highest BCUT2D eigenvalue weighted by atomic mass is 31.2. The molecule has 0 aromatic heterocycles. The Morgan fingerprint density at radius 2 is 1.88 bits per heavy atom. The van der Waals surface area contributed by atoms with Crippen LogP contribution in [0.15, 0.2) is 18.2 Å². The summed E-state index contributed by atoms with van der Waals surface area (Å²) < 4.78 is 3.93. The molecule has 98 valence electrons. The summed E-state index contributed by atoms with van der Waals surface area (Å²) >= 11 is 0. The van der Waals surface area contributed by atoms with E-state index in [1.807, 2.05) is 13.0 Å². The van der Waals surface area contributed by atoms with Crippen LogP contribution >= 0.6 is 8.60 Å². The Bertz CT molecular complexity index is 315. The van der Waals surface area contributed by atoms with Gasteiger partial charge in [-0.15, -0.1) is 0 Å². The maximum Gasteiger partial charge on any atom is 0.326 e. The molecule has 5 heteroatoms. The van der Waals surface area contributed by atoms with Crippen LogP contribution in [0.25, 0.3) is 0 Å². The zero-order valence-electron chi connectivity index (χ0n) is 10.6. The molecule has 0 heterocycles. The van der Waals surface area contributed by atoms with Gasteiger partial charge in [-0.2, -0.15) is 0 Å². The Morgan fingerprint density at radius 3 is 2.29 bits per heavy atom. The lowest BCUT2D eigenvalue weighted by molar-refractivity contribution is 0.310. The lowest BCUT2D eigenvalue weighted by Gasteiger charge is -2.02. The maximum atomic E-state index is 9.27. The van der Waals surface area contributed by atoms with Crippen LogP contribution in [-0.2, 0) is 10.9 Å². The molecule has 0 saturated carbocycles. The topological polar surface area (TPSA) is 69.9 Å². The fourth-order valence-electron chi connectivity index (χ4n) is 1.25. The van der Waals surface area contributed by atoms with Crippen molar-refractivity contribution in [1.29, 1.82) is 0 Å². The molecule has 3 N–H and O–H groups in total. The normalized spacial score (nSPS) is 10.0. The molecule has 0 aliphatic carbocycles. The zero-order chi connectivity index (χ0) is 13.3. The van der Waals surface area contributed by atoms with Gasteiger partial charge in [0, 0.05) is 7.11 Å². The van der Waals surface area contributed by atoms with E-state index in [9.17, 15) is 5.11 Å². The number of unbranched alkanes of at least 4 members (excludes halogenated alkanes) is 1. The van der Waals surface area contributed by atoms with Gasteiger partial charge < -0.3 is 19.4 Å². The van der Waals surface area contributed by atoms with Crippen LogP contribution in [0.5, 0.6) is 5.75 Å². The molecular formula is C12H21O4P. The van der Waals surface area contributed by atoms with Crippen molar-refractivity contribution in [3.8, 4) is 5.75 Å². The van der Waals surface area contributed by atoms with E-state index in [0.717, 1.165) is 12.0 Å². The molecule has 0 bridgehead atoms. The number of hydrogen-bond donors (Lipinski definition) is 3. The molecule has 1 aromatic carbocycles. The molecule has 0 saturated heterocycles. The van der Waals surface area contributed by atoms with Crippen LogP contribution < -0.4 is 0 Å². The van der Waals surface area contributed by atoms with Crippen molar-refractivity contribution in [3.05, 3.63) is 29.3 Å². The molecule has 1 rings (SSSR count). The van der Waals surface area contributed by atoms with Crippen molar-refractivity contribution in [1.82, 2.24) is 0 Å². The molecule has 0 aliphatic heterocycles. The SMILES string of the molecule is CCCCc1ccc(O)c(C)c1.COP(O)O. The number of aryl methyl sites for hydroxylation is 2. The van der Waals surface area contributed by atoms with Gasteiger partial charge in [0.2, 0.25) is 0 Å². The van der Waals surface area contributed by atoms with E-state index < -0.39 is 8.60 Å². The molecule has 17 heavy (non-hydrogen) atoms. The van der Waals surface area contributed by atoms with Gasteiger partial charge in [0.15, 0.2) is 0 Å². The second-order valence-electron chi connectivity index (χ2n) is 3.66. The van der Waals surface area contributed by atoms with Crippen LogP contribution in [0.2, 0.25) is 0 Å². The molecule has 0 atom stereocenters. The van der Waals surface area contributed by atoms with E-state index >= 15 is 0 Å². The molecular weight excluding hydrogens is 239 g/mol. The number of benzene rings is 1. The third kappa shape index (κ3) is 8.11. The van der Waals surface area contributed by atoms with Crippen LogP contribution in [0.4, 0.5) is 0 Å². The van der Waals surface area contributed by atoms with Gasteiger partial charge in [-0.05, 0) is 37.0 Å². The van der Waals surface area contributed by atoms with Crippen molar-refractivity contribution < 1.29 is 19.4 Å². The minimum atomic E-state index is -2.10. The Balaban J connectivity index is 0.000000437. The molecule has 0 radical (unpaired) electrons. The highest BCUT2D eigenvalue weighted by Gasteiger charge is 1.96. The maximum absolute atomic E-state index is 9.27. The van der Waals surface area contributed by atoms with E-state index in [2.05, 4.69) is 17.5 Å². The molecule has 0 spiro atoms. The lowest BCUT2D eigenvalue weighted by Crippen LogP contribution is -1.85. The van der Waals surface area contributed by atoms with E-state index in [-0.39, 0.29) is 0 Å². The van der Waals surface area contributed by atoms with Gasteiger partial charge >= 0.3 is 8.60 Å².